The van der Waals surface area contributed by atoms with Gasteiger partial charge in [-0.3, -0.25) is 15.2 Å². The fraction of sp³-hybridized carbons (Fsp3) is 0.227. The summed E-state index contributed by atoms with van der Waals surface area (Å²) in [5.41, 5.74) is 8.35. The summed E-state index contributed by atoms with van der Waals surface area (Å²) < 4.78 is 14.8. The summed E-state index contributed by atoms with van der Waals surface area (Å²) in [5, 5.41) is 11.7. The Bertz CT molecular complexity index is 914. The number of nitrogens with one attached hydrogen (secondary N) is 2. The number of unbranched alkanes of at least 4 members (excludes halogenated alkanes) is 1. The Morgan fingerprint density at radius 2 is 2.11 bits per heavy atom. The van der Waals surface area contributed by atoms with Gasteiger partial charge in [-0.2, -0.15) is 0 Å². The highest BCUT2D eigenvalue weighted by molar-refractivity contribution is 5.90. The molecule has 3 rings (SSSR count). The molecule has 1 aliphatic rings. The first-order valence-corrected chi connectivity index (χ1v) is 9.28. The van der Waals surface area contributed by atoms with Gasteiger partial charge in [0.25, 0.3) is 5.91 Å². The van der Waals surface area contributed by atoms with Gasteiger partial charge in [-0.05, 0) is 53.8 Å². The first-order valence-electron chi connectivity index (χ1n) is 9.28. The summed E-state index contributed by atoms with van der Waals surface area (Å²) in [4.78, 5) is 11.4. The minimum absolute atomic E-state index is 0.0603. The van der Waals surface area contributed by atoms with E-state index in [2.05, 4.69) is 17.9 Å². The maximum absolute atomic E-state index is 14.8. The third-order valence-electron chi connectivity index (χ3n) is 4.53. The predicted octanol–water partition coefficient (Wildman–Crippen LogP) is 4.09. The van der Waals surface area contributed by atoms with Crippen molar-refractivity contribution in [3.8, 4) is 5.75 Å². The maximum Gasteiger partial charge on any atom is 0.256 e. The van der Waals surface area contributed by atoms with Gasteiger partial charge >= 0.3 is 0 Å². The SMILES string of the molecule is CCC/C=C/C(=C\c1ccccc1C)c1cc(O)c(N2CC(=O)NN2)c(F)c1. The second-order valence-electron chi connectivity index (χ2n) is 6.72. The van der Waals surface area contributed by atoms with Crippen LogP contribution in [0.25, 0.3) is 11.6 Å². The molecule has 5 nitrogen and oxygen atoms in total. The summed E-state index contributed by atoms with van der Waals surface area (Å²) >= 11 is 0. The smallest absolute Gasteiger partial charge is 0.256 e. The Morgan fingerprint density at radius 3 is 2.75 bits per heavy atom. The van der Waals surface area contributed by atoms with E-state index in [0.717, 1.165) is 29.5 Å². The van der Waals surface area contributed by atoms with Crippen molar-refractivity contribution < 1.29 is 14.3 Å². The third kappa shape index (κ3) is 4.40. The molecule has 0 aromatic heterocycles. The number of hydrogen-bond acceptors (Lipinski definition) is 4. The van der Waals surface area contributed by atoms with Crippen molar-refractivity contribution in [3.05, 3.63) is 71.1 Å². The summed E-state index contributed by atoms with van der Waals surface area (Å²) in [7, 11) is 0. The number of nitrogens with zero attached hydrogens (tertiary/aromatic N) is 1. The van der Waals surface area contributed by atoms with Crippen molar-refractivity contribution in [2.24, 2.45) is 0 Å². The first-order chi connectivity index (χ1) is 13.5. The number of aryl methyl sites for hydroxylation is 1. The number of carbonyl (C=O) groups excluding carboxylic acids is 1. The van der Waals surface area contributed by atoms with Gasteiger partial charge in [0, 0.05) is 0 Å². The first kappa shape index (κ1) is 19.6. The molecule has 1 heterocycles. The molecule has 0 radical (unpaired) electrons. The molecule has 0 bridgehead atoms. The second-order valence-corrected chi connectivity index (χ2v) is 6.72. The zero-order valence-electron chi connectivity index (χ0n) is 16.0. The lowest BCUT2D eigenvalue weighted by atomic mass is 9.98. The van der Waals surface area contributed by atoms with Crippen molar-refractivity contribution in [3.63, 3.8) is 0 Å². The quantitative estimate of drug-likeness (QED) is 0.521. The van der Waals surface area contributed by atoms with Crippen LogP contribution < -0.4 is 16.0 Å². The Balaban J connectivity index is 2.03. The number of phenolic OH excluding ortho intramolecular Hbond substituents is 1. The summed E-state index contributed by atoms with van der Waals surface area (Å²) in [6.07, 6.45) is 7.88. The minimum atomic E-state index is -0.612. The van der Waals surface area contributed by atoms with Gasteiger partial charge in [-0.1, -0.05) is 49.8 Å². The number of carbonyl (C=O) groups is 1. The average Bonchev–Trinajstić information content (AvgIpc) is 3.08. The number of hydrogen-bond donors (Lipinski definition) is 3. The number of hydrazine groups is 2. The highest BCUT2D eigenvalue weighted by Gasteiger charge is 2.25. The van der Waals surface area contributed by atoms with Crippen molar-refractivity contribution in [2.45, 2.75) is 26.7 Å². The zero-order valence-corrected chi connectivity index (χ0v) is 16.0. The molecule has 3 N–H and O–H groups in total. The van der Waals surface area contributed by atoms with Crippen LogP contribution in [0, 0.1) is 12.7 Å². The molecule has 1 saturated heterocycles. The van der Waals surface area contributed by atoms with Crippen LogP contribution >= 0.6 is 0 Å². The van der Waals surface area contributed by atoms with Crippen molar-refractivity contribution in [2.75, 3.05) is 11.6 Å². The molecule has 28 heavy (non-hydrogen) atoms. The predicted molar refractivity (Wildman–Crippen MR) is 110 cm³/mol. The highest BCUT2D eigenvalue weighted by atomic mass is 19.1. The number of benzene rings is 2. The van der Waals surface area contributed by atoms with Crippen molar-refractivity contribution in [1.82, 2.24) is 11.0 Å². The Hall–Kier alpha value is -3.12. The fourth-order valence-corrected chi connectivity index (χ4v) is 3.03. The lowest BCUT2D eigenvalue weighted by Crippen LogP contribution is -2.36. The molecule has 6 heteroatoms. The van der Waals surface area contributed by atoms with Gasteiger partial charge in [-0.15, -0.1) is 5.53 Å². The maximum atomic E-state index is 14.8. The Morgan fingerprint density at radius 1 is 1.32 bits per heavy atom. The van der Waals surface area contributed by atoms with E-state index in [1.807, 2.05) is 49.4 Å². The number of rotatable bonds is 6. The average molecular weight is 381 g/mol. The summed E-state index contributed by atoms with van der Waals surface area (Å²) in [6, 6.07) is 10.8. The monoisotopic (exact) mass is 381 g/mol. The van der Waals surface area contributed by atoms with Crippen LogP contribution in [0.4, 0.5) is 10.1 Å². The van der Waals surface area contributed by atoms with Crippen LogP contribution in [-0.2, 0) is 4.79 Å². The van der Waals surface area contributed by atoms with Crippen molar-refractivity contribution >= 4 is 23.2 Å². The largest absolute Gasteiger partial charge is 0.506 e. The molecule has 1 aliphatic heterocycles. The van der Waals surface area contributed by atoms with Gasteiger partial charge in [-0.25, -0.2) is 4.39 Å². The van der Waals surface area contributed by atoms with E-state index in [4.69, 9.17) is 0 Å². The van der Waals surface area contributed by atoms with Crippen LogP contribution in [0.3, 0.4) is 0 Å². The van der Waals surface area contributed by atoms with E-state index in [1.165, 1.54) is 17.1 Å². The molecular weight excluding hydrogens is 357 g/mol. The minimum Gasteiger partial charge on any atom is -0.506 e. The summed E-state index contributed by atoms with van der Waals surface area (Å²) in [5.74, 6) is -1.15. The molecule has 2 aromatic carbocycles. The number of phenols is 1. The molecule has 0 saturated carbocycles. The lowest BCUT2D eigenvalue weighted by molar-refractivity contribution is -0.118. The van der Waals surface area contributed by atoms with E-state index in [9.17, 15) is 14.3 Å². The zero-order chi connectivity index (χ0) is 20.1. The van der Waals surface area contributed by atoms with Crippen LogP contribution in [0.1, 0.15) is 36.5 Å². The number of anilines is 1. The summed E-state index contributed by atoms with van der Waals surface area (Å²) in [6.45, 7) is 4.03. The molecule has 0 atom stereocenters. The third-order valence-corrected chi connectivity index (χ3v) is 4.53. The number of aromatic hydroxyl groups is 1. The number of halogens is 1. The van der Waals surface area contributed by atoms with Crippen LogP contribution in [0.15, 0.2) is 48.6 Å². The molecule has 0 unspecified atom stereocenters. The topological polar surface area (TPSA) is 64.6 Å². The van der Waals surface area contributed by atoms with Gasteiger partial charge in [0.2, 0.25) is 0 Å². The normalized spacial score (nSPS) is 14.8. The standard InChI is InChI=1S/C22H24FN3O2/c1-3-4-5-10-17(11-16-9-7-6-8-15(16)2)18-12-19(23)22(20(27)13-18)26-14-21(28)24-25-26/h5-13,25,27H,3-4,14H2,1-2H3,(H,24,28)/b10-5+,17-11+. The highest BCUT2D eigenvalue weighted by Crippen LogP contribution is 2.34. The van der Waals surface area contributed by atoms with Gasteiger partial charge in [0.05, 0.1) is 0 Å². The second kappa shape index (κ2) is 8.71. The number of amides is 1. The van der Waals surface area contributed by atoms with E-state index < -0.39 is 5.82 Å². The van der Waals surface area contributed by atoms with Gasteiger partial charge in [0.15, 0.2) is 5.82 Å². The van der Waals surface area contributed by atoms with Crippen LogP contribution in [-0.4, -0.2) is 17.6 Å². The van der Waals surface area contributed by atoms with Crippen molar-refractivity contribution in [1.29, 1.82) is 0 Å². The molecule has 2 aromatic rings. The molecule has 1 amide bonds. The van der Waals surface area contributed by atoms with Gasteiger partial charge in [0.1, 0.15) is 18.0 Å². The molecule has 0 aliphatic carbocycles. The molecule has 0 spiro atoms. The van der Waals surface area contributed by atoms with E-state index in [0.29, 0.717) is 5.56 Å². The van der Waals surface area contributed by atoms with E-state index >= 15 is 0 Å². The number of allylic oxidation sites excluding steroid dienone is 3. The van der Waals surface area contributed by atoms with E-state index in [-0.39, 0.29) is 23.9 Å². The molecular formula is C22H24FN3O2. The van der Waals surface area contributed by atoms with Crippen LogP contribution in [0.2, 0.25) is 0 Å². The molecule has 1 fully saturated rings. The Kier molecular flexibility index (Phi) is 6.11. The van der Waals surface area contributed by atoms with Gasteiger partial charge < -0.3 is 5.11 Å². The van der Waals surface area contributed by atoms with E-state index in [1.54, 1.807) is 0 Å². The van der Waals surface area contributed by atoms with Crippen LogP contribution in [0.5, 0.6) is 5.75 Å². The lowest BCUT2D eigenvalue weighted by Gasteiger charge is -2.19. The fourth-order valence-electron chi connectivity index (χ4n) is 3.03. The Labute approximate surface area is 164 Å². The molecule has 146 valence electrons.